The SMILES string of the molecule is c1ccc(-c2cccc(-c3ccc4c5ccccc5n(-c5cc(-c6nc(-c7ccccc7)nc(-c7ccccc7)n6)cc6c7ccccc7c7ccccc7c56)c4c3)c2)cc1. The van der Waals surface area contributed by atoms with E-state index in [1.54, 1.807) is 0 Å². The summed E-state index contributed by atoms with van der Waals surface area (Å²) in [6.45, 7) is 0. The van der Waals surface area contributed by atoms with Crippen LogP contribution in [0.1, 0.15) is 0 Å². The molecule has 10 aromatic carbocycles. The van der Waals surface area contributed by atoms with E-state index < -0.39 is 0 Å². The van der Waals surface area contributed by atoms with Crippen LogP contribution in [-0.2, 0) is 0 Å². The van der Waals surface area contributed by atoms with Gasteiger partial charge >= 0.3 is 0 Å². The first kappa shape index (κ1) is 34.8. The normalized spacial score (nSPS) is 11.6. The van der Waals surface area contributed by atoms with Crippen LogP contribution in [0.15, 0.2) is 218 Å². The number of nitrogens with zero attached hydrogens (tertiary/aromatic N) is 4. The van der Waals surface area contributed by atoms with E-state index in [0.717, 1.165) is 44.4 Å². The highest BCUT2D eigenvalue weighted by Gasteiger charge is 2.21. The molecular weight excluding hydrogens is 741 g/mol. The van der Waals surface area contributed by atoms with Crippen molar-refractivity contribution in [2.45, 2.75) is 0 Å². The number of rotatable bonds is 6. The van der Waals surface area contributed by atoms with Gasteiger partial charge in [0, 0.05) is 32.8 Å². The van der Waals surface area contributed by atoms with Gasteiger partial charge in [0.05, 0.1) is 16.7 Å². The number of fused-ring (bicyclic) bond motifs is 9. The van der Waals surface area contributed by atoms with E-state index in [4.69, 9.17) is 15.0 Å². The van der Waals surface area contributed by atoms with Gasteiger partial charge in [-0.2, -0.15) is 0 Å². The van der Waals surface area contributed by atoms with E-state index in [9.17, 15) is 0 Å². The number of hydrogen-bond donors (Lipinski definition) is 0. The third-order valence-corrected chi connectivity index (χ3v) is 12.0. The lowest BCUT2D eigenvalue weighted by molar-refractivity contribution is 1.07. The highest BCUT2D eigenvalue weighted by atomic mass is 15.0. The minimum Gasteiger partial charge on any atom is -0.309 e. The third kappa shape index (κ3) is 5.88. The maximum atomic E-state index is 5.25. The lowest BCUT2D eigenvalue weighted by atomic mass is 9.91. The highest BCUT2D eigenvalue weighted by molar-refractivity contribution is 6.28. The van der Waals surface area contributed by atoms with Gasteiger partial charge in [0.15, 0.2) is 17.5 Å². The number of benzene rings is 10. The summed E-state index contributed by atoms with van der Waals surface area (Å²) in [6.07, 6.45) is 0. The molecule has 0 N–H and O–H groups in total. The van der Waals surface area contributed by atoms with Crippen molar-refractivity contribution in [1.29, 1.82) is 0 Å². The summed E-state index contributed by atoms with van der Waals surface area (Å²) >= 11 is 0. The van der Waals surface area contributed by atoms with E-state index in [-0.39, 0.29) is 0 Å². The van der Waals surface area contributed by atoms with Gasteiger partial charge in [-0.1, -0.05) is 188 Å². The summed E-state index contributed by atoms with van der Waals surface area (Å²) in [4.78, 5) is 15.5. The zero-order valence-corrected chi connectivity index (χ0v) is 33.1. The molecule has 0 fully saturated rings. The first-order valence-corrected chi connectivity index (χ1v) is 20.7. The van der Waals surface area contributed by atoms with Crippen molar-refractivity contribution in [3.63, 3.8) is 0 Å². The van der Waals surface area contributed by atoms with E-state index in [0.29, 0.717) is 17.5 Å². The van der Waals surface area contributed by atoms with E-state index >= 15 is 0 Å². The average Bonchev–Trinajstić information content (AvgIpc) is 3.68. The van der Waals surface area contributed by atoms with Crippen LogP contribution in [0.25, 0.3) is 116 Å². The van der Waals surface area contributed by atoms with Crippen molar-refractivity contribution >= 4 is 54.1 Å². The van der Waals surface area contributed by atoms with Crippen LogP contribution >= 0.6 is 0 Å². The Morgan fingerprint density at radius 1 is 0.246 bits per heavy atom. The van der Waals surface area contributed by atoms with Gasteiger partial charge in [-0.25, -0.2) is 15.0 Å². The van der Waals surface area contributed by atoms with Gasteiger partial charge in [0.2, 0.25) is 0 Å². The molecular formula is C57H36N4. The Bertz CT molecular complexity index is 3570. The predicted octanol–water partition coefficient (Wildman–Crippen LogP) is 14.8. The molecule has 0 bridgehead atoms. The number of aromatic nitrogens is 4. The Labute approximate surface area is 352 Å². The molecule has 61 heavy (non-hydrogen) atoms. The molecule has 284 valence electrons. The van der Waals surface area contributed by atoms with Gasteiger partial charge in [0.1, 0.15) is 0 Å². The lowest BCUT2D eigenvalue weighted by Gasteiger charge is -2.18. The molecule has 0 radical (unpaired) electrons. The Morgan fingerprint density at radius 2 is 0.689 bits per heavy atom. The van der Waals surface area contributed by atoms with Gasteiger partial charge in [0.25, 0.3) is 0 Å². The molecule has 0 spiro atoms. The standard InChI is InChI=1S/C57H36N4/c1-4-17-37(18-5-1)40-23-16-24-41(33-40)42-31-32-48-47-28-14-15-30-51(47)61(52(48)35-42)53-36-43(34-50-46-27-11-10-25-44(46)45-26-12-13-29-49(45)54(50)53)57-59-55(38-19-6-2-7-20-38)58-56(60-57)39-21-8-3-9-22-39/h1-36H. The van der Waals surface area contributed by atoms with Crippen LogP contribution in [0.3, 0.4) is 0 Å². The quantitative estimate of drug-likeness (QED) is 0.158. The van der Waals surface area contributed by atoms with Crippen LogP contribution in [0.2, 0.25) is 0 Å². The van der Waals surface area contributed by atoms with Gasteiger partial charge in [-0.3, -0.25) is 0 Å². The number of hydrogen-bond acceptors (Lipinski definition) is 3. The van der Waals surface area contributed by atoms with Crippen LogP contribution in [0, 0.1) is 0 Å². The van der Waals surface area contributed by atoms with Gasteiger partial charge in [-0.05, 0) is 79.5 Å². The molecule has 0 saturated carbocycles. The molecule has 0 saturated heterocycles. The van der Waals surface area contributed by atoms with Crippen LogP contribution in [0.5, 0.6) is 0 Å². The fraction of sp³-hybridized carbons (Fsp3) is 0. The van der Waals surface area contributed by atoms with Crippen LogP contribution < -0.4 is 0 Å². The maximum Gasteiger partial charge on any atom is 0.164 e. The summed E-state index contributed by atoms with van der Waals surface area (Å²) in [7, 11) is 0. The molecule has 0 aliphatic heterocycles. The van der Waals surface area contributed by atoms with Gasteiger partial charge in [-0.15, -0.1) is 0 Å². The van der Waals surface area contributed by atoms with E-state index in [2.05, 4.69) is 187 Å². The van der Waals surface area contributed by atoms with Crippen molar-refractivity contribution in [2.24, 2.45) is 0 Å². The Morgan fingerprint density at radius 3 is 1.33 bits per heavy atom. The second-order valence-electron chi connectivity index (χ2n) is 15.6. The fourth-order valence-corrected chi connectivity index (χ4v) is 9.17. The van der Waals surface area contributed by atoms with Crippen molar-refractivity contribution in [2.75, 3.05) is 0 Å². The zero-order valence-electron chi connectivity index (χ0n) is 33.1. The first-order chi connectivity index (χ1) is 30.2. The molecule has 0 unspecified atom stereocenters. The first-order valence-electron chi connectivity index (χ1n) is 20.7. The predicted molar refractivity (Wildman–Crippen MR) is 254 cm³/mol. The van der Waals surface area contributed by atoms with Crippen molar-refractivity contribution in [3.8, 4) is 62.1 Å². The molecule has 12 aromatic rings. The van der Waals surface area contributed by atoms with Crippen LogP contribution in [-0.4, -0.2) is 19.5 Å². The molecule has 12 rings (SSSR count). The molecule has 2 aromatic heterocycles. The van der Waals surface area contributed by atoms with Crippen molar-refractivity contribution in [1.82, 2.24) is 19.5 Å². The van der Waals surface area contributed by atoms with Crippen molar-refractivity contribution < 1.29 is 0 Å². The molecule has 0 aliphatic rings. The largest absolute Gasteiger partial charge is 0.309 e. The second-order valence-corrected chi connectivity index (χ2v) is 15.6. The summed E-state index contributed by atoms with van der Waals surface area (Å²) in [5, 5.41) is 9.52. The summed E-state index contributed by atoms with van der Waals surface area (Å²) in [6, 6.07) is 77.7. The van der Waals surface area contributed by atoms with Crippen LogP contribution in [0.4, 0.5) is 0 Å². The fourth-order valence-electron chi connectivity index (χ4n) is 9.17. The minimum absolute atomic E-state index is 0.618. The highest BCUT2D eigenvalue weighted by Crippen LogP contribution is 2.44. The maximum absolute atomic E-state index is 5.25. The smallest absolute Gasteiger partial charge is 0.164 e. The minimum atomic E-state index is 0.618. The Balaban J connectivity index is 1.19. The molecule has 2 heterocycles. The molecule has 0 aliphatic carbocycles. The monoisotopic (exact) mass is 776 g/mol. The summed E-state index contributed by atoms with van der Waals surface area (Å²) < 4.78 is 2.47. The molecule has 0 atom stereocenters. The summed E-state index contributed by atoms with van der Waals surface area (Å²) in [5.74, 6) is 1.88. The lowest BCUT2D eigenvalue weighted by Crippen LogP contribution is -2.02. The second kappa shape index (κ2) is 14.3. The van der Waals surface area contributed by atoms with E-state index in [1.807, 2.05) is 36.4 Å². The topological polar surface area (TPSA) is 43.6 Å². The van der Waals surface area contributed by atoms with Crippen molar-refractivity contribution in [3.05, 3.63) is 218 Å². The Hall–Kier alpha value is -8.21. The third-order valence-electron chi connectivity index (χ3n) is 12.0. The average molecular weight is 777 g/mol. The molecule has 4 heteroatoms. The van der Waals surface area contributed by atoms with E-state index in [1.165, 1.54) is 54.4 Å². The molecule has 0 amide bonds. The molecule has 4 nitrogen and oxygen atoms in total. The summed E-state index contributed by atoms with van der Waals surface area (Å²) in [5.41, 5.74) is 10.8. The van der Waals surface area contributed by atoms with Gasteiger partial charge < -0.3 is 4.57 Å². The Kier molecular flexibility index (Phi) is 8.13. The zero-order chi connectivity index (χ0) is 40.3. The number of para-hydroxylation sites is 1.